The fourth-order valence-electron chi connectivity index (χ4n) is 3.30. The molecule has 1 aromatic carbocycles. The minimum absolute atomic E-state index is 0.277. The number of nitrogens with zero attached hydrogens (tertiary/aromatic N) is 1. The Balaban J connectivity index is 1.86. The van der Waals surface area contributed by atoms with Gasteiger partial charge < -0.3 is 9.47 Å². The van der Waals surface area contributed by atoms with E-state index in [1.54, 1.807) is 6.20 Å². The first-order valence-electron chi connectivity index (χ1n) is 11.6. The monoisotopic (exact) mass is 411 g/mol. The largest absolute Gasteiger partial charge is 0.494 e. The first-order chi connectivity index (χ1) is 14.7. The standard InChI is InChI=1S/C26H37NO3/c1-4-7-9-10-11-12-23-16-13-22(20-27-23)26(28)30-25(6-3)21-14-17-24(18-15-21)29-19-8-5-2/h13-18,20,25H,4-12,19H2,1-3H3. The average molecular weight is 412 g/mol. The van der Waals surface area contributed by atoms with Gasteiger partial charge in [-0.05, 0) is 55.5 Å². The van der Waals surface area contributed by atoms with Crippen molar-refractivity contribution in [3.63, 3.8) is 0 Å². The second-order valence-electron chi connectivity index (χ2n) is 7.78. The highest BCUT2D eigenvalue weighted by Gasteiger charge is 2.17. The molecule has 0 N–H and O–H groups in total. The number of aromatic nitrogens is 1. The predicted octanol–water partition coefficient (Wildman–Crippen LogP) is 7.08. The molecule has 0 bridgehead atoms. The Hall–Kier alpha value is -2.36. The van der Waals surface area contributed by atoms with Gasteiger partial charge in [0.2, 0.25) is 0 Å². The Bertz CT molecular complexity index is 725. The van der Waals surface area contributed by atoms with Gasteiger partial charge in [0.25, 0.3) is 0 Å². The summed E-state index contributed by atoms with van der Waals surface area (Å²) in [5, 5.41) is 0. The van der Waals surface area contributed by atoms with E-state index in [4.69, 9.17) is 9.47 Å². The van der Waals surface area contributed by atoms with Gasteiger partial charge in [0.1, 0.15) is 11.9 Å². The zero-order valence-corrected chi connectivity index (χ0v) is 18.9. The summed E-state index contributed by atoms with van der Waals surface area (Å²) in [6, 6.07) is 11.6. The number of hydrogen-bond acceptors (Lipinski definition) is 4. The van der Waals surface area contributed by atoms with E-state index in [1.165, 1.54) is 25.7 Å². The summed E-state index contributed by atoms with van der Waals surface area (Å²) in [6.07, 6.45) is 11.4. The number of ether oxygens (including phenoxy) is 2. The maximum Gasteiger partial charge on any atom is 0.340 e. The van der Waals surface area contributed by atoms with E-state index < -0.39 is 0 Å². The van der Waals surface area contributed by atoms with Crippen LogP contribution in [0.25, 0.3) is 0 Å². The number of pyridine rings is 1. The summed E-state index contributed by atoms with van der Waals surface area (Å²) in [4.78, 5) is 17.0. The van der Waals surface area contributed by atoms with Crippen molar-refractivity contribution >= 4 is 5.97 Å². The SMILES string of the molecule is CCCCCCCc1ccc(C(=O)OC(CC)c2ccc(OCCCC)cc2)cn1. The molecule has 0 fully saturated rings. The van der Waals surface area contributed by atoms with Gasteiger partial charge in [-0.3, -0.25) is 4.98 Å². The van der Waals surface area contributed by atoms with Crippen molar-refractivity contribution in [3.05, 3.63) is 59.4 Å². The van der Waals surface area contributed by atoms with Crippen molar-refractivity contribution in [2.75, 3.05) is 6.61 Å². The molecule has 1 atom stereocenters. The highest BCUT2D eigenvalue weighted by Crippen LogP contribution is 2.25. The van der Waals surface area contributed by atoms with Crippen LogP contribution in [0.3, 0.4) is 0 Å². The molecule has 0 saturated heterocycles. The number of carbonyl (C=O) groups is 1. The fourth-order valence-corrected chi connectivity index (χ4v) is 3.30. The molecular formula is C26H37NO3. The third-order valence-electron chi connectivity index (χ3n) is 5.24. The molecule has 30 heavy (non-hydrogen) atoms. The van der Waals surface area contributed by atoms with Gasteiger partial charge in [-0.15, -0.1) is 0 Å². The molecule has 1 unspecified atom stereocenters. The lowest BCUT2D eigenvalue weighted by molar-refractivity contribution is 0.0287. The molecule has 0 aliphatic rings. The Morgan fingerprint density at radius 2 is 1.63 bits per heavy atom. The van der Waals surface area contributed by atoms with Crippen LogP contribution in [0.2, 0.25) is 0 Å². The van der Waals surface area contributed by atoms with Crippen LogP contribution < -0.4 is 4.74 Å². The summed E-state index contributed by atoms with van der Waals surface area (Å²) in [7, 11) is 0. The van der Waals surface area contributed by atoms with Crippen molar-refractivity contribution < 1.29 is 14.3 Å². The van der Waals surface area contributed by atoms with E-state index in [1.807, 2.05) is 43.3 Å². The highest BCUT2D eigenvalue weighted by molar-refractivity contribution is 5.89. The third-order valence-corrected chi connectivity index (χ3v) is 5.24. The minimum Gasteiger partial charge on any atom is -0.494 e. The van der Waals surface area contributed by atoms with Gasteiger partial charge in [0.15, 0.2) is 0 Å². The Labute approximate surface area is 182 Å². The van der Waals surface area contributed by atoms with E-state index in [0.717, 1.165) is 49.3 Å². The number of benzene rings is 1. The van der Waals surface area contributed by atoms with E-state index in [9.17, 15) is 4.79 Å². The molecule has 0 aliphatic carbocycles. The van der Waals surface area contributed by atoms with E-state index in [0.29, 0.717) is 12.0 Å². The van der Waals surface area contributed by atoms with E-state index >= 15 is 0 Å². The van der Waals surface area contributed by atoms with Crippen LogP contribution >= 0.6 is 0 Å². The van der Waals surface area contributed by atoms with Crippen LogP contribution in [0.15, 0.2) is 42.6 Å². The molecular weight excluding hydrogens is 374 g/mol. The summed E-state index contributed by atoms with van der Waals surface area (Å²) < 4.78 is 11.5. The molecule has 2 rings (SSSR count). The van der Waals surface area contributed by atoms with Gasteiger partial charge in [-0.25, -0.2) is 4.79 Å². The molecule has 0 amide bonds. The van der Waals surface area contributed by atoms with Crippen LogP contribution in [0.4, 0.5) is 0 Å². The number of hydrogen-bond donors (Lipinski definition) is 0. The average Bonchev–Trinajstić information content (AvgIpc) is 2.78. The highest BCUT2D eigenvalue weighted by atomic mass is 16.5. The van der Waals surface area contributed by atoms with E-state index in [2.05, 4.69) is 18.8 Å². The topological polar surface area (TPSA) is 48.4 Å². The second kappa shape index (κ2) is 13.8. The van der Waals surface area contributed by atoms with Gasteiger partial charge in [-0.1, -0.05) is 65.0 Å². The van der Waals surface area contributed by atoms with Crippen molar-refractivity contribution in [2.45, 2.75) is 84.7 Å². The van der Waals surface area contributed by atoms with Gasteiger partial charge in [0.05, 0.1) is 12.2 Å². The Kier molecular flexibility index (Phi) is 11.0. The zero-order valence-electron chi connectivity index (χ0n) is 18.9. The molecule has 4 heteroatoms. The number of rotatable bonds is 14. The molecule has 2 aromatic rings. The second-order valence-corrected chi connectivity index (χ2v) is 7.78. The number of aryl methyl sites for hydroxylation is 1. The van der Waals surface area contributed by atoms with Crippen molar-refractivity contribution in [1.29, 1.82) is 0 Å². The Morgan fingerprint density at radius 1 is 0.900 bits per heavy atom. The lowest BCUT2D eigenvalue weighted by Gasteiger charge is -2.17. The molecule has 0 spiro atoms. The molecule has 1 heterocycles. The molecule has 4 nitrogen and oxygen atoms in total. The van der Waals surface area contributed by atoms with Gasteiger partial charge in [0, 0.05) is 11.9 Å². The maximum absolute atomic E-state index is 12.6. The minimum atomic E-state index is -0.327. The maximum atomic E-state index is 12.6. The predicted molar refractivity (Wildman–Crippen MR) is 122 cm³/mol. The first-order valence-corrected chi connectivity index (χ1v) is 11.6. The lowest BCUT2D eigenvalue weighted by atomic mass is 10.1. The smallest absolute Gasteiger partial charge is 0.340 e. The summed E-state index contributed by atoms with van der Waals surface area (Å²) in [5.74, 6) is 0.523. The van der Waals surface area contributed by atoms with Gasteiger partial charge in [-0.2, -0.15) is 0 Å². The third kappa shape index (κ3) is 8.17. The first kappa shape index (κ1) is 23.9. The molecule has 1 aromatic heterocycles. The zero-order chi connectivity index (χ0) is 21.6. The molecule has 0 radical (unpaired) electrons. The van der Waals surface area contributed by atoms with Gasteiger partial charge >= 0.3 is 5.97 Å². The Morgan fingerprint density at radius 3 is 2.27 bits per heavy atom. The molecule has 0 saturated carbocycles. The number of esters is 1. The summed E-state index contributed by atoms with van der Waals surface area (Å²) in [6.45, 7) is 7.11. The number of carbonyl (C=O) groups excluding carboxylic acids is 1. The van der Waals surface area contributed by atoms with E-state index in [-0.39, 0.29) is 12.1 Å². The molecule has 164 valence electrons. The van der Waals surface area contributed by atoms with Crippen molar-refractivity contribution in [3.8, 4) is 5.75 Å². The summed E-state index contributed by atoms with van der Waals surface area (Å²) >= 11 is 0. The van der Waals surface area contributed by atoms with Crippen LogP contribution in [0.5, 0.6) is 5.75 Å². The quantitative estimate of drug-likeness (QED) is 0.246. The van der Waals surface area contributed by atoms with Crippen LogP contribution in [0, 0.1) is 0 Å². The fraction of sp³-hybridized carbons (Fsp3) is 0.538. The normalized spacial score (nSPS) is 11.8. The van der Waals surface area contributed by atoms with Crippen LogP contribution in [0.1, 0.15) is 99.9 Å². The van der Waals surface area contributed by atoms with Crippen molar-refractivity contribution in [1.82, 2.24) is 4.98 Å². The molecule has 0 aliphatic heterocycles. The van der Waals surface area contributed by atoms with Crippen LogP contribution in [-0.4, -0.2) is 17.6 Å². The summed E-state index contributed by atoms with van der Waals surface area (Å²) in [5.41, 5.74) is 2.52. The van der Waals surface area contributed by atoms with Crippen LogP contribution in [-0.2, 0) is 11.2 Å². The lowest BCUT2D eigenvalue weighted by Crippen LogP contribution is -2.12. The number of unbranched alkanes of at least 4 members (excludes halogenated alkanes) is 5. The van der Waals surface area contributed by atoms with Crippen molar-refractivity contribution in [2.24, 2.45) is 0 Å².